The lowest BCUT2D eigenvalue weighted by molar-refractivity contribution is -0.168. The Hall–Kier alpha value is -0.450. The smallest absolute Gasteiger partial charge is 0.332 e. The van der Waals surface area contributed by atoms with E-state index in [1.165, 1.54) is 0 Å². The lowest BCUT2D eigenvalue weighted by Gasteiger charge is -2.37. The van der Waals surface area contributed by atoms with E-state index in [0.717, 1.165) is 24.2 Å². The zero-order valence-corrected chi connectivity index (χ0v) is 11.3. The molecule has 0 spiro atoms. The van der Waals surface area contributed by atoms with Gasteiger partial charge in [-0.05, 0) is 12.8 Å². The minimum Gasteiger partial charge on any atom is -0.332 e. The lowest BCUT2D eigenvalue weighted by atomic mass is 9.74. The van der Waals surface area contributed by atoms with Crippen LogP contribution in [0.2, 0.25) is 0 Å². The Kier molecular flexibility index (Phi) is 5.32. The minimum absolute atomic E-state index is 0.0257. The van der Waals surface area contributed by atoms with Gasteiger partial charge in [0.15, 0.2) is 0 Å². The molecule has 0 aromatic carbocycles. The van der Waals surface area contributed by atoms with Crippen molar-refractivity contribution in [3.05, 3.63) is 0 Å². The van der Waals surface area contributed by atoms with Crippen molar-refractivity contribution < 1.29 is 18.0 Å². The van der Waals surface area contributed by atoms with Crippen LogP contribution < -0.4 is 0 Å². The van der Waals surface area contributed by atoms with E-state index in [1.54, 1.807) is 6.92 Å². The molecule has 106 valence electrons. The Labute approximate surface area is 110 Å². The third-order valence-corrected chi connectivity index (χ3v) is 3.65. The van der Waals surface area contributed by atoms with Gasteiger partial charge in [-0.1, -0.05) is 26.2 Å². The Morgan fingerprint density at radius 1 is 1.28 bits per heavy atom. The van der Waals surface area contributed by atoms with Crippen LogP contribution in [0.3, 0.4) is 0 Å². The monoisotopic (exact) mass is 285 g/mol. The first-order chi connectivity index (χ1) is 8.28. The maximum atomic E-state index is 12.4. The number of rotatable bonds is 4. The molecule has 0 aliphatic heterocycles. The van der Waals surface area contributed by atoms with E-state index in [-0.39, 0.29) is 12.4 Å². The molecule has 1 amide bonds. The highest BCUT2D eigenvalue weighted by molar-refractivity contribution is 6.18. The Morgan fingerprint density at radius 2 is 1.83 bits per heavy atom. The van der Waals surface area contributed by atoms with Crippen molar-refractivity contribution in [3.8, 4) is 0 Å². The van der Waals surface area contributed by atoms with Gasteiger partial charge in [0.25, 0.3) is 0 Å². The molecule has 1 aliphatic carbocycles. The predicted octanol–water partition coefficient (Wildman–Crippen LogP) is 3.59. The van der Waals surface area contributed by atoms with Gasteiger partial charge < -0.3 is 4.90 Å². The number of halogens is 4. The summed E-state index contributed by atoms with van der Waals surface area (Å²) in [6.45, 7) is 0.524. The van der Waals surface area contributed by atoms with Crippen LogP contribution in [0.25, 0.3) is 0 Å². The third-order valence-electron chi connectivity index (χ3n) is 3.49. The van der Waals surface area contributed by atoms with Gasteiger partial charge in [-0.3, -0.25) is 4.79 Å². The molecule has 6 heteroatoms. The number of amides is 1. The van der Waals surface area contributed by atoms with Gasteiger partial charge in [-0.15, -0.1) is 11.6 Å². The SMILES string of the molecule is CC1(C(=O)N(CCCl)CC(F)(F)F)CCCCC1. The molecular formula is C12H19ClF3NO. The molecule has 1 saturated carbocycles. The van der Waals surface area contributed by atoms with Crippen LogP contribution in [0.5, 0.6) is 0 Å². The van der Waals surface area contributed by atoms with E-state index < -0.39 is 24.0 Å². The molecule has 0 atom stereocenters. The highest BCUT2D eigenvalue weighted by atomic mass is 35.5. The maximum absolute atomic E-state index is 12.4. The number of carbonyl (C=O) groups excluding carboxylic acids is 1. The van der Waals surface area contributed by atoms with Crippen molar-refractivity contribution in [1.29, 1.82) is 0 Å². The first-order valence-corrected chi connectivity index (χ1v) is 6.74. The Bertz CT molecular complexity index is 288. The molecular weight excluding hydrogens is 267 g/mol. The first kappa shape index (κ1) is 15.6. The summed E-state index contributed by atoms with van der Waals surface area (Å²) in [5.41, 5.74) is -0.643. The lowest BCUT2D eigenvalue weighted by Crippen LogP contribution is -2.48. The van der Waals surface area contributed by atoms with Gasteiger partial charge in [0.1, 0.15) is 6.54 Å². The van der Waals surface area contributed by atoms with Gasteiger partial charge in [-0.2, -0.15) is 13.2 Å². The molecule has 0 N–H and O–H groups in total. The number of hydrogen-bond donors (Lipinski definition) is 0. The second-order valence-electron chi connectivity index (χ2n) is 5.15. The quantitative estimate of drug-likeness (QED) is 0.723. The van der Waals surface area contributed by atoms with Crippen LogP contribution in [0, 0.1) is 5.41 Å². The number of hydrogen-bond acceptors (Lipinski definition) is 1. The number of alkyl halides is 4. The molecule has 0 radical (unpaired) electrons. The Balaban J connectivity index is 2.74. The van der Waals surface area contributed by atoms with Gasteiger partial charge >= 0.3 is 6.18 Å². The van der Waals surface area contributed by atoms with Crippen LogP contribution >= 0.6 is 11.6 Å². The average Bonchev–Trinajstić information content (AvgIpc) is 2.27. The topological polar surface area (TPSA) is 20.3 Å². The molecule has 0 bridgehead atoms. The van der Waals surface area contributed by atoms with Crippen LogP contribution in [0.1, 0.15) is 39.0 Å². The van der Waals surface area contributed by atoms with Crippen LogP contribution in [0.4, 0.5) is 13.2 Å². The first-order valence-electron chi connectivity index (χ1n) is 6.21. The summed E-state index contributed by atoms with van der Waals surface area (Å²) >= 11 is 5.49. The third kappa shape index (κ3) is 4.34. The number of carbonyl (C=O) groups is 1. The number of nitrogens with zero attached hydrogens (tertiary/aromatic N) is 1. The molecule has 0 unspecified atom stereocenters. The molecule has 2 nitrogen and oxygen atoms in total. The van der Waals surface area contributed by atoms with Crippen LogP contribution in [-0.4, -0.2) is 36.0 Å². The molecule has 1 rings (SSSR count). The average molecular weight is 286 g/mol. The molecule has 0 aromatic heterocycles. The predicted molar refractivity (Wildman–Crippen MR) is 64.5 cm³/mol. The van der Waals surface area contributed by atoms with Crippen molar-refractivity contribution in [1.82, 2.24) is 4.90 Å². The van der Waals surface area contributed by atoms with E-state index in [2.05, 4.69) is 0 Å². The Morgan fingerprint density at radius 3 is 2.28 bits per heavy atom. The van der Waals surface area contributed by atoms with E-state index in [1.807, 2.05) is 0 Å². The van der Waals surface area contributed by atoms with Gasteiger partial charge in [-0.25, -0.2) is 0 Å². The second-order valence-corrected chi connectivity index (χ2v) is 5.53. The van der Waals surface area contributed by atoms with Crippen molar-refractivity contribution >= 4 is 17.5 Å². The standard InChI is InChI=1S/C12H19ClF3NO/c1-11(5-3-2-4-6-11)10(18)17(8-7-13)9-12(14,15)16/h2-9H2,1H3. The summed E-state index contributed by atoms with van der Waals surface area (Å²) in [6.07, 6.45) is -0.165. The van der Waals surface area contributed by atoms with Gasteiger partial charge in [0.2, 0.25) is 5.91 Å². The van der Waals surface area contributed by atoms with E-state index >= 15 is 0 Å². The van der Waals surface area contributed by atoms with E-state index in [4.69, 9.17) is 11.6 Å². The largest absolute Gasteiger partial charge is 0.406 e. The normalized spacial score (nSPS) is 19.6. The van der Waals surface area contributed by atoms with E-state index in [0.29, 0.717) is 12.8 Å². The fourth-order valence-corrected chi connectivity index (χ4v) is 2.70. The molecule has 0 aromatic rings. The van der Waals surface area contributed by atoms with Crippen LogP contribution in [0.15, 0.2) is 0 Å². The van der Waals surface area contributed by atoms with Gasteiger partial charge in [0.05, 0.1) is 0 Å². The molecule has 1 aliphatic rings. The summed E-state index contributed by atoms with van der Waals surface area (Å²) < 4.78 is 37.3. The maximum Gasteiger partial charge on any atom is 0.406 e. The van der Waals surface area contributed by atoms with Crippen molar-refractivity contribution in [3.63, 3.8) is 0 Å². The summed E-state index contributed by atoms with van der Waals surface area (Å²) in [6, 6.07) is 0. The minimum atomic E-state index is -4.37. The van der Waals surface area contributed by atoms with Gasteiger partial charge in [0, 0.05) is 17.8 Å². The zero-order valence-electron chi connectivity index (χ0n) is 10.5. The highest BCUT2D eigenvalue weighted by Crippen LogP contribution is 2.38. The molecule has 0 heterocycles. The molecule has 1 fully saturated rings. The van der Waals surface area contributed by atoms with Crippen LogP contribution in [-0.2, 0) is 4.79 Å². The second kappa shape index (κ2) is 6.13. The summed E-state index contributed by atoms with van der Waals surface area (Å²) in [4.78, 5) is 13.1. The van der Waals surface area contributed by atoms with E-state index in [9.17, 15) is 18.0 Å². The van der Waals surface area contributed by atoms with Crippen molar-refractivity contribution in [2.24, 2.45) is 5.41 Å². The van der Waals surface area contributed by atoms with Crippen molar-refractivity contribution in [2.75, 3.05) is 19.0 Å². The molecule has 0 saturated heterocycles. The fourth-order valence-electron chi connectivity index (χ4n) is 2.50. The highest BCUT2D eigenvalue weighted by Gasteiger charge is 2.41. The summed E-state index contributed by atoms with van der Waals surface area (Å²) in [5, 5.41) is 0. The fraction of sp³-hybridized carbons (Fsp3) is 0.917. The molecule has 18 heavy (non-hydrogen) atoms. The summed E-state index contributed by atoms with van der Waals surface area (Å²) in [7, 11) is 0. The van der Waals surface area contributed by atoms with Crippen molar-refractivity contribution in [2.45, 2.75) is 45.2 Å². The summed E-state index contributed by atoms with van der Waals surface area (Å²) in [5.74, 6) is -0.377. The zero-order chi connectivity index (χ0) is 13.8.